The van der Waals surface area contributed by atoms with Crippen LogP contribution in [0.25, 0.3) is 0 Å². The smallest absolute Gasteiger partial charge is 0.0461 e. The minimum Gasteiger partial charge on any atom is -0.312 e. The first-order valence-corrected chi connectivity index (χ1v) is 8.09. The van der Waals surface area contributed by atoms with Crippen LogP contribution >= 0.6 is 22.7 Å². The van der Waals surface area contributed by atoms with Gasteiger partial charge in [-0.25, -0.2) is 0 Å². The second kappa shape index (κ2) is 6.00. The van der Waals surface area contributed by atoms with Crippen LogP contribution in [0.3, 0.4) is 0 Å². The Morgan fingerprint density at radius 1 is 1.17 bits per heavy atom. The van der Waals surface area contributed by atoms with E-state index in [2.05, 4.69) is 51.3 Å². The predicted molar refractivity (Wildman–Crippen MR) is 83.0 cm³/mol. The van der Waals surface area contributed by atoms with Crippen molar-refractivity contribution in [3.05, 3.63) is 43.3 Å². The first kappa shape index (κ1) is 13.8. The average Bonchev–Trinajstić information content (AvgIpc) is 2.94. The zero-order valence-electron chi connectivity index (χ0n) is 11.5. The van der Waals surface area contributed by atoms with Crippen LogP contribution in [0.4, 0.5) is 0 Å². The highest BCUT2D eigenvalue weighted by Crippen LogP contribution is 2.30. The molecule has 18 heavy (non-hydrogen) atoms. The summed E-state index contributed by atoms with van der Waals surface area (Å²) >= 11 is 3.87. The van der Waals surface area contributed by atoms with E-state index in [1.54, 1.807) is 0 Å². The van der Waals surface area contributed by atoms with E-state index in [0.29, 0.717) is 6.04 Å². The first-order chi connectivity index (χ1) is 8.63. The molecule has 3 heteroatoms. The van der Waals surface area contributed by atoms with Crippen LogP contribution < -0.4 is 5.32 Å². The van der Waals surface area contributed by atoms with Crippen LogP contribution in [0.5, 0.6) is 0 Å². The van der Waals surface area contributed by atoms with Crippen molar-refractivity contribution in [1.29, 1.82) is 0 Å². The fraction of sp³-hybridized carbons (Fsp3) is 0.467. The molecule has 0 aliphatic heterocycles. The van der Waals surface area contributed by atoms with Gasteiger partial charge in [0.2, 0.25) is 0 Å². The maximum atomic E-state index is 3.45. The van der Waals surface area contributed by atoms with Gasteiger partial charge in [-0.2, -0.15) is 0 Å². The molecule has 0 aliphatic rings. The number of nitrogens with one attached hydrogen (secondary N) is 1. The number of aryl methyl sites for hydroxylation is 3. The molecule has 0 bridgehead atoms. The van der Waals surface area contributed by atoms with E-state index >= 15 is 0 Å². The molecule has 98 valence electrons. The summed E-state index contributed by atoms with van der Waals surface area (Å²) in [6.07, 6.45) is 2.24. The van der Waals surface area contributed by atoms with Gasteiger partial charge in [-0.05, 0) is 51.1 Å². The number of likely N-dealkylation sites (N-methyl/N-ethyl adjacent to an activating group) is 1. The van der Waals surface area contributed by atoms with Gasteiger partial charge in [-0.3, -0.25) is 0 Å². The maximum absolute atomic E-state index is 3.45. The third-order valence-electron chi connectivity index (χ3n) is 3.35. The van der Waals surface area contributed by atoms with E-state index in [4.69, 9.17) is 0 Å². The molecule has 2 aromatic rings. The molecule has 1 nitrogen and oxygen atoms in total. The van der Waals surface area contributed by atoms with Crippen molar-refractivity contribution < 1.29 is 0 Å². The van der Waals surface area contributed by atoms with Gasteiger partial charge >= 0.3 is 0 Å². The highest BCUT2D eigenvalue weighted by atomic mass is 32.1. The van der Waals surface area contributed by atoms with E-state index in [0.717, 1.165) is 12.8 Å². The molecule has 2 heterocycles. The lowest BCUT2D eigenvalue weighted by Gasteiger charge is -2.13. The quantitative estimate of drug-likeness (QED) is 0.850. The minimum absolute atomic E-state index is 0.450. The summed E-state index contributed by atoms with van der Waals surface area (Å²) in [6.45, 7) is 6.62. The summed E-state index contributed by atoms with van der Waals surface area (Å²) < 4.78 is 0. The van der Waals surface area contributed by atoms with Gasteiger partial charge in [0.1, 0.15) is 0 Å². The van der Waals surface area contributed by atoms with Crippen molar-refractivity contribution in [3.8, 4) is 0 Å². The third-order valence-corrected chi connectivity index (χ3v) is 5.87. The average molecular weight is 279 g/mol. The fourth-order valence-corrected chi connectivity index (χ4v) is 4.20. The van der Waals surface area contributed by atoms with E-state index in [1.807, 2.05) is 22.7 Å². The Labute approximate surface area is 118 Å². The van der Waals surface area contributed by atoms with E-state index in [-0.39, 0.29) is 0 Å². The van der Waals surface area contributed by atoms with Crippen molar-refractivity contribution in [3.63, 3.8) is 0 Å². The summed E-state index contributed by atoms with van der Waals surface area (Å²) in [7, 11) is 2.06. The van der Waals surface area contributed by atoms with Crippen molar-refractivity contribution in [1.82, 2.24) is 5.32 Å². The van der Waals surface area contributed by atoms with Gasteiger partial charge in [0.25, 0.3) is 0 Å². The molecule has 0 saturated heterocycles. The van der Waals surface area contributed by atoms with Gasteiger partial charge in [-0.15, -0.1) is 22.7 Å². The van der Waals surface area contributed by atoms with Gasteiger partial charge < -0.3 is 5.32 Å². The van der Waals surface area contributed by atoms with Crippen LogP contribution in [-0.4, -0.2) is 7.05 Å². The second-order valence-corrected chi connectivity index (χ2v) is 7.20. The van der Waals surface area contributed by atoms with Gasteiger partial charge in [-0.1, -0.05) is 6.92 Å². The summed E-state index contributed by atoms with van der Waals surface area (Å²) in [6, 6.07) is 7.32. The molecule has 1 atom stereocenters. The Morgan fingerprint density at radius 2 is 1.89 bits per heavy atom. The van der Waals surface area contributed by atoms with Crippen molar-refractivity contribution in [2.24, 2.45) is 0 Å². The van der Waals surface area contributed by atoms with Gasteiger partial charge in [0.05, 0.1) is 0 Å². The summed E-state index contributed by atoms with van der Waals surface area (Å²) in [4.78, 5) is 5.86. The zero-order valence-corrected chi connectivity index (χ0v) is 13.2. The standard InChI is InChI=1S/C15H21NS2/c1-5-12-6-7-13(18-12)9-14(16-4)15-8-10(2)11(3)17-15/h6-8,14,16H,5,9H2,1-4H3. The highest BCUT2D eigenvalue weighted by molar-refractivity contribution is 7.12. The molecule has 0 spiro atoms. The molecule has 0 radical (unpaired) electrons. The zero-order chi connectivity index (χ0) is 13.1. The minimum atomic E-state index is 0.450. The summed E-state index contributed by atoms with van der Waals surface area (Å²) in [5.74, 6) is 0. The van der Waals surface area contributed by atoms with Gasteiger partial charge in [0, 0.05) is 32.0 Å². The molecular weight excluding hydrogens is 258 g/mol. The number of hydrogen-bond acceptors (Lipinski definition) is 3. The Balaban J connectivity index is 2.14. The SMILES string of the molecule is CCc1ccc(CC(NC)c2cc(C)c(C)s2)s1. The number of thiophene rings is 2. The van der Waals surface area contributed by atoms with Crippen LogP contribution in [-0.2, 0) is 12.8 Å². The largest absolute Gasteiger partial charge is 0.312 e. The lowest BCUT2D eigenvalue weighted by Crippen LogP contribution is -2.17. The molecule has 0 amide bonds. The molecule has 2 aromatic heterocycles. The van der Waals surface area contributed by atoms with Crippen LogP contribution in [0.2, 0.25) is 0 Å². The normalized spacial score (nSPS) is 12.9. The van der Waals surface area contributed by atoms with E-state index in [1.165, 1.54) is 25.1 Å². The molecule has 0 fully saturated rings. The van der Waals surface area contributed by atoms with Crippen molar-refractivity contribution in [2.75, 3.05) is 7.05 Å². The third kappa shape index (κ3) is 3.02. The maximum Gasteiger partial charge on any atom is 0.0461 e. The van der Waals surface area contributed by atoms with Crippen molar-refractivity contribution in [2.45, 2.75) is 39.7 Å². The Bertz CT molecular complexity index is 491. The molecule has 0 aromatic carbocycles. The molecule has 0 saturated carbocycles. The predicted octanol–water partition coefficient (Wildman–Crippen LogP) is 4.49. The topological polar surface area (TPSA) is 12.0 Å². The van der Waals surface area contributed by atoms with E-state index < -0.39 is 0 Å². The molecule has 1 N–H and O–H groups in total. The molecule has 2 rings (SSSR count). The van der Waals surface area contributed by atoms with E-state index in [9.17, 15) is 0 Å². The van der Waals surface area contributed by atoms with Crippen LogP contribution in [0, 0.1) is 13.8 Å². The number of hydrogen-bond donors (Lipinski definition) is 1. The van der Waals surface area contributed by atoms with Crippen LogP contribution in [0.15, 0.2) is 18.2 Å². The monoisotopic (exact) mass is 279 g/mol. The fourth-order valence-electron chi connectivity index (χ4n) is 2.04. The first-order valence-electron chi connectivity index (χ1n) is 6.45. The highest BCUT2D eigenvalue weighted by Gasteiger charge is 2.14. The summed E-state index contributed by atoms with van der Waals surface area (Å²) in [5, 5.41) is 3.45. The molecular formula is C15H21NS2. The summed E-state index contributed by atoms with van der Waals surface area (Å²) in [5.41, 5.74) is 1.41. The Hall–Kier alpha value is -0.640. The van der Waals surface area contributed by atoms with Crippen LogP contribution in [0.1, 0.15) is 38.0 Å². The lowest BCUT2D eigenvalue weighted by molar-refractivity contribution is 0.606. The second-order valence-electron chi connectivity index (χ2n) is 4.65. The van der Waals surface area contributed by atoms with Crippen molar-refractivity contribution >= 4 is 22.7 Å². The lowest BCUT2D eigenvalue weighted by atomic mass is 10.1. The number of rotatable bonds is 5. The molecule has 1 unspecified atom stereocenters. The Kier molecular flexibility index (Phi) is 4.60. The Morgan fingerprint density at radius 3 is 2.39 bits per heavy atom. The molecule has 0 aliphatic carbocycles. The van der Waals surface area contributed by atoms with Gasteiger partial charge in [0.15, 0.2) is 0 Å².